The van der Waals surface area contributed by atoms with Crippen LogP contribution in [0.5, 0.6) is 0 Å². The smallest absolute Gasteiger partial charge is 0.280 e. The zero-order chi connectivity index (χ0) is 10.4. The summed E-state index contributed by atoms with van der Waals surface area (Å²) in [4.78, 5) is 11.1. The zero-order valence-electron chi connectivity index (χ0n) is 7.84. The van der Waals surface area contributed by atoms with Crippen LogP contribution in [-0.4, -0.2) is 28.8 Å². The molecule has 0 unspecified atom stereocenters. The van der Waals surface area contributed by atoms with Crippen molar-refractivity contribution in [2.75, 3.05) is 23.9 Å². The largest absolute Gasteiger partial charge is 0.383 e. The van der Waals surface area contributed by atoms with Gasteiger partial charge in [-0.25, -0.2) is 5.10 Å². The van der Waals surface area contributed by atoms with E-state index in [1.54, 1.807) is 6.20 Å². The van der Waals surface area contributed by atoms with Gasteiger partial charge >= 0.3 is 0 Å². The zero-order valence-corrected chi connectivity index (χ0v) is 10.2. The Labute approximate surface area is 95.0 Å². The molecule has 2 N–H and O–H groups in total. The predicted molar refractivity (Wildman–Crippen MR) is 64.0 cm³/mol. The van der Waals surface area contributed by atoms with Gasteiger partial charge in [0.25, 0.3) is 5.56 Å². The molecular formula is C8H12BrN3OS. The number of aromatic amines is 1. The van der Waals surface area contributed by atoms with E-state index in [1.807, 2.05) is 11.8 Å². The molecule has 1 aromatic heterocycles. The Morgan fingerprint density at radius 2 is 2.50 bits per heavy atom. The van der Waals surface area contributed by atoms with Gasteiger partial charge in [-0.05, 0) is 34.4 Å². The van der Waals surface area contributed by atoms with Gasteiger partial charge in [0, 0.05) is 6.54 Å². The molecule has 0 saturated heterocycles. The minimum Gasteiger partial charge on any atom is -0.383 e. The van der Waals surface area contributed by atoms with Gasteiger partial charge < -0.3 is 5.32 Å². The van der Waals surface area contributed by atoms with Gasteiger partial charge in [0.15, 0.2) is 0 Å². The number of hydrogen-bond donors (Lipinski definition) is 2. The van der Waals surface area contributed by atoms with Crippen LogP contribution in [0, 0.1) is 0 Å². The Morgan fingerprint density at radius 1 is 1.71 bits per heavy atom. The average molecular weight is 278 g/mol. The lowest BCUT2D eigenvalue weighted by molar-refractivity contribution is 0.951. The Balaban J connectivity index is 2.51. The van der Waals surface area contributed by atoms with Crippen LogP contribution in [0.1, 0.15) is 6.42 Å². The van der Waals surface area contributed by atoms with Crippen LogP contribution in [0.3, 0.4) is 0 Å². The molecule has 0 saturated carbocycles. The molecule has 6 heteroatoms. The maximum atomic E-state index is 11.1. The van der Waals surface area contributed by atoms with E-state index in [0.29, 0.717) is 4.47 Å². The third-order valence-electron chi connectivity index (χ3n) is 1.64. The van der Waals surface area contributed by atoms with Gasteiger partial charge in [0.05, 0.1) is 11.9 Å². The number of thioether (sulfide) groups is 1. The molecule has 0 bridgehead atoms. The van der Waals surface area contributed by atoms with E-state index in [2.05, 4.69) is 37.7 Å². The van der Waals surface area contributed by atoms with Crippen molar-refractivity contribution in [3.05, 3.63) is 21.0 Å². The van der Waals surface area contributed by atoms with E-state index in [-0.39, 0.29) is 5.56 Å². The average Bonchev–Trinajstić information content (AvgIpc) is 2.19. The fourth-order valence-corrected chi connectivity index (χ4v) is 1.71. The van der Waals surface area contributed by atoms with Crippen LogP contribution in [0.15, 0.2) is 15.5 Å². The maximum Gasteiger partial charge on any atom is 0.280 e. The monoisotopic (exact) mass is 277 g/mol. The summed E-state index contributed by atoms with van der Waals surface area (Å²) < 4.78 is 0.511. The summed E-state index contributed by atoms with van der Waals surface area (Å²) >= 11 is 5.01. The van der Waals surface area contributed by atoms with Crippen LogP contribution < -0.4 is 10.9 Å². The summed E-state index contributed by atoms with van der Waals surface area (Å²) in [5.74, 6) is 1.11. The molecule has 14 heavy (non-hydrogen) atoms. The lowest BCUT2D eigenvalue weighted by atomic mass is 10.4. The predicted octanol–water partition coefficient (Wildman–Crippen LogP) is 1.70. The van der Waals surface area contributed by atoms with Gasteiger partial charge in [-0.2, -0.15) is 16.9 Å². The summed E-state index contributed by atoms with van der Waals surface area (Å²) in [5.41, 5.74) is 0.537. The third kappa shape index (κ3) is 3.34. The summed E-state index contributed by atoms with van der Waals surface area (Å²) in [6.07, 6.45) is 4.75. The van der Waals surface area contributed by atoms with Crippen molar-refractivity contribution in [1.82, 2.24) is 10.2 Å². The Bertz CT molecular complexity index is 342. The second-order valence-corrected chi connectivity index (χ2v) is 4.48. The Hall–Kier alpha value is -0.490. The first kappa shape index (κ1) is 11.6. The van der Waals surface area contributed by atoms with E-state index in [4.69, 9.17) is 0 Å². The summed E-state index contributed by atoms with van der Waals surface area (Å²) in [5, 5.41) is 9.20. The van der Waals surface area contributed by atoms with E-state index in [9.17, 15) is 4.79 Å². The summed E-state index contributed by atoms with van der Waals surface area (Å²) in [6.45, 7) is 0.852. The van der Waals surface area contributed by atoms with Crippen molar-refractivity contribution >= 4 is 33.4 Å². The number of H-pyrrole nitrogens is 1. The van der Waals surface area contributed by atoms with Crippen molar-refractivity contribution in [2.24, 2.45) is 0 Å². The summed E-state index contributed by atoms with van der Waals surface area (Å²) in [6, 6.07) is 0. The van der Waals surface area contributed by atoms with Gasteiger partial charge in [-0.1, -0.05) is 0 Å². The second-order valence-electron chi connectivity index (χ2n) is 2.70. The van der Waals surface area contributed by atoms with Crippen LogP contribution in [0.2, 0.25) is 0 Å². The van der Waals surface area contributed by atoms with Crippen molar-refractivity contribution in [2.45, 2.75) is 6.42 Å². The fourth-order valence-electron chi connectivity index (χ4n) is 0.946. The first-order valence-corrected chi connectivity index (χ1v) is 6.40. The first-order valence-electron chi connectivity index (χ1n) is 4.21. The summed E-state index contributed by atoms with van der Waals surface area (Å²) in [7, 11) is 0. The topological polar surface area (TPSA) is 57.8 Å². The quantitative estimate of drug-likeness (QED) is 0.805. The number of nitrogens with zero attached hydrogens (tertiary/aromatic N) is 1. The fraction of sp³-hybridized carbons (Fsp3) is 0.500. The number of aromatic nitrogens is 2. The van der Waals surface area contributed by atoms with Gasteiger partial charge in [-0.3, -0.25) is 4.79 Å². The number of nitrogens with one attached hydrogen (secondary N) is 2. The van der Waals surface area contributed by atoms with E-state index in [0.717, 1.165) is 24.4 Å². The van der Waals surface area contributed by atoms with Gasteiger partial charge in [0.2, 0.25) is 0 Å². The van der Waals surface area contributed by atoms with Crippen LogP contribution in [0.25, 0.3) is 0 Å². The first-order chi connectivity index (χ1) is 6.75. The lowest BCUT2D eigenvalue weighted by Gasteiger charge is -2.05. The van der Waals surface area contributed by atoms with Gasteiger partial charge in [-0.15, -0.1) is 0 Å². The number of hydrogen-bond acceptors (Lipinski definition) is 4. The molecule has 1 rings (SSSR count). The van der Waals surface area contributed by atoms with Crippen molar-refractivity contribution in [3.8, 4) is 0 Å². The molecule has 4 nitrogen and oxygen atoms in total. The number of halogens is 1. The van der Waals surface area contributed by atoms with Crippen LogP contribution in [0.4, 0.5) is 5.69 Å². The molecule has 0 aliphatic carbocycles. The molecule has 0 aliphatic heterocycles. The highest BCUT2D eigenvalue weighted by molar-refractivity contribution is 9.10. The number of rotatable bonds is 5. The Morgan fingerprint density at radius 3 is 3.21 bits per heavy atom. The maximum absolute atomic E-state index is 11.1. The minimum atomic E-state index is -0.208. The number of anilines is 1. The standard InChI is InChI=1S/C8H12BrN3OS/c1-14-4-2-3-10-6-5-11-12-8(13)7(6)9/h5H,2-4H2,1H3,(H2,10,12,13). The lowest BCUT2D eigenvalue weighted by Crippen LogP contribution is -2.13. The highest BCUT2D eigenvalue weighted by atomic mass is 79.9. The van der Waals surface area contributed by atoms with Gasteiger partial charge in [0.1, 0.15) is 4.47 Å². The molecule has 1 aromatic rings. The Kier molecular flexibility index (Phi) is 5.03. The molecule has 0 fully saturated rings. The minimum absolute atomic E-state index is 0.208. The van der Waals surface area contributed by atoms with Crippen LogP contribution >= 0.6 is 27.7 Å². The molecular weight excluding hydrogens is 266 g/mol. The van der Waals surface area contributed by atoms with E-state index < -0.39 is 0 Å². The molecule has 0 amide bonds. The molecule has 0 aliphatic rings. The second kappa shape index (κ2) is 6.08. The molecule has 0 spiro atoms. The molecule has 0 aromatic carbocycles. The highest BCUT2D eigenvalue weighted by Gasteiger charge is 2.02. The molecule has 0 radical (unpaired) electrons. The van der Waals surface area contributed by atoms with Crippen molar-refractivity contribution in [1.29, 1.82) is 0 Å². The highest BCUT2D eigenvalue weighted by Crippen LogP contribution is 2.14. The van der Waals surface area contributed by atoms with E-state index in [1.165, 1.54) is 0 Å². The normalized spacial score (nSPS) is 10.1. The van der Waals surface area contributed by atoms with Crippen LogP contribution in [-0.2, 0) is 0 Å². The molecule has 0 atom stereocenters. The SMILES string of the molecule is CSCCCNc1cn[nH]c(=O)c1Br. The van der Waals surface area contributed by atoms with E-state index >= 15 is 0 Å². The molecule has 1 heterocycles. The molecule has 78 valence electrons. The third-order valence-corrected chi connectivity index (χ3v) is 3.12. The van der Waals surface area contributed by atoms with Crippen molar-refractivity contribution < 1.29 is 0 Å². The van der Waals surface area contributed by atoms with Crippen molar-refractivity contribution in [3.63, 3.8) is 0 Å².